The highest BCUT2D eigenvalue weighted by atomic mass is 127. The van der Waals surface area contributed by atoms with Gasteiger partial charge in [0.2, 0.25) is 0 Å². The summed E-state index contributed by atoms with van der Waals surface area (Å²) < 4.78 is 1.47. The van der Waals surface area contributed by atoms with Crippen LogP contribution in [0.25, 0.3) is 0 Å². The van der Waals surface area contributed by atoms with Crippen molar-refractivity contribution in [3.63, 3.8) is 0 Å². The maximum Gasteiger partial charge on any atom is 0.0233 e. The lowest BCUT2D eigenvalue weighted by Crippen LogP contribution is -2.37. The van der Waals surface area contributed by atoms with Gasteiger partial charge >= 0.3 is 0 Å². The van der Waals surface area contributed by atoms with Crippen LogP contribution in [0.5, 0.6) is 0 Å². The lowest BCUT2D eigenvalue weighted by atomic mass is 10.0. The maximum atomic E-state index is 2.51. The van der Waals surface area contributed by atoms with Crippen LogP contribution in [0.3, 0.4) is 0 Å². The normalized spacial score (nSPS) is 23.8. The Morgan fingerprint density at radius 2 is 2.08 bits per heavy atom. The van der Waals surface area contributed by atoms with E-state index in [-0.39, 0.29) is 0 Å². The minimum atomic E-state index is 0.625. The van der Waals surface area contributed by atoms with Gasteiger partial charge < -0.3 is 4.90 Å². The zero-order valence-electron chi connectivity index (χ0n) is 8.63. The molecule has 0 aliphatic heterocycles. The van der Waals surface area contributed by atoms with Crippen LogP contribution in [-0.2, 0) is 0 Å². The van der Waals surface area contributed by atoms with Crippen LogP contribution in [0, 0.1) is 5.92 Å². The Morgan fingerprint density at radius 1 is 1.46 bits per heavy atom. The predicted molar refractivity (Wildman–Crippen MR) is 67.1 cm³/mol. The van der Waals surface area contributed by atoms with E-state index in [0.717, 1.165) is 13.1 Å². The summed E-state index contributed by atoms with van der Waals surface area (Å²) in [5, 5.41) is 0. The molecule has 74 valence electrons. The van der Waals surface area contributed by atoms with Gasteiger partial charge in [0, 0.05) is 12.0 Å². The van der Waals surface area contributed by atoms with E-state index in [4.69, 9.17) is 0 Å². The van der Waals surface area contributed by atoms with Gasteiger partial charge in [0.25, 0.3) is 0 Å². The number of rotatable bonds is 4. The number of hydrogen-bond donors (Lipinski definition) is 0. The number of halogens is 1. The van der Waals surface area contributed by atoms with Crippen molar-refractivity contribution < 1.29 is 0 Å². The van der Waals surface area contributed by atoms with E-state index < -0.39 is 0 Å². The van der Waals surface area contributed by atoms with Gasteiger partial charge in [-0.1, -0.05) is 32.1 Å². The molecule has 0 saturated carbocycles. The molecule has 1 nitrogen and oxygen atoms in total. The topological polar surface area (TPSA) is 3.24 Å². The first-order valence-corrected chi connectivity index (χ1v) is 6.06. The molecule has 0 bridgehead atoms. The molecular weight excluding hydrogens is 273 g/mol. The summed E-state index contributed by atoms with van der Waals surface area (Å²) in [4.78, 5) is 2.51. The number of allylic oxidation sites excluding steroid dienone is 2. The summed E-state index contributed by atoms with van der Waals surface area (Å²) in [6.45, 7) is 9.07. The molecule has 0 N–H and O–H groups in total. The van der Waals surface area contributed by atoms with E-state index in [0.29, 0.717) is 12.0 Å². The van der Waals surface area contributed by atoms with Gasteiger partial charge in [-0.2, -0.15) is 0 Å². The van der Waals surface area contributed by atoms with Crippen molar-refractivity contribution >= 4 is 22.6 Å². The van der Waals surface area contributed by atoms with Crippen LogP contribution in [0.1, 0.15) is 20.8 Å². The Labute approximate surface area is 95.0 Å². The average molecular weight is 291 g/mol. The largest absolute Gasteiger partial charge is 0.300 e. The standard InChI is InChI=1S/C11H18IN/c1-4-13(5-2)9(3)10-7-6-8-11(10)12/h6-10H,4-5H2,1-3H3/t9-,10?/m1/s1. The first-order chi connectivity index (χ1) is 6.20. The summed E-state index contributed by atoms with van der Waals surface area (Å²) >= 11 is 2.45. The molecule has 0 heterocycles. The fourth-order valence-electron chi connectivity index (χ4n) is 1.89. The van der Waals surface area contributed by atoms with E-state index in [1.165, 1.54) is 3.58 Å². The van der Waals surface area contributed by atoms with Gasteiger partial charge in [-0.15, -0.1) is 0 Å². The van der Waals surface area contributed by atoms with Crippen LogP contribution in [-0.4, -0.2) is 24.0 Å². The summed E-state index contributed by atoms with van der Waals surface area (Å²) in [5.41, 5.74) is 0. The van der Waals surface area contributed by atoms with E-state index in [9.17, 15) is 0 Å². The molecule has 2 heteroatoms. The van der Waals surface area contributed by atoms with Crippen LogP contribution >= 0.6 is 22.6 Å². The quantitative estimate of drug-likeness (QED) is 0.719. The Balaban J connectivity index is 2.61. The summed E-state index contributed by atoms with van der Waals surface area (Å²) in [5.74, 6) is 0.625. The number of hydrogen-bond acceptors (Lipinski definition) is 1. The van der Waals surface area contributed by atoms with E-state index in [2.05, 4.69) is 66.5 Å². The molecule has 0 aromatic rings. The Kier molecular flexibility index (Phi) is 4.46. The zero-order chi connectivity index (χ0) is 9.84. The summed E-state index contributed by atoms with van der Waals surface area (Å²) in [6.07, 6.45) is 6.70. The summed E-state index contributed by atoms with van der Waals surface area (Å²) in [7, 11) is 0. The molecular formula is C11H18IN. The zero-order valence-corrected chi connectivity index (χ0v) is 10.8. The molecule has 1 aliphatic carbocycles. The molecule has 0 saturated heterocycles. The second-order valence-corrected chi connectivity index (χ2v) is 4.67. The third-order valence-electron chi connectivity index (χ3n) is 2.80. The lowest BCUT2D eigenvalue weighted by Gasteiger charge is -2.30. The molecule has 0 spiro atoms. The van der Waals surface area contributed by atoms with Crippen molar-refractivity contribution in [2.75, 3.05) is 13.1 Å². The van der Waals surface area contributed by atoms with Crippen LogP contribution in [0.2, 0.25) is 0 Å². The van der Waals surface area contributed by atoms with Crippen molar-refractivity contribution in [3.8, 4) is 0 Å². The Morgan fingerprint density at radius 3 is 2.46 bits per heavy atom. The second-order valence-electron chi connectivity index (χ2n) is 3.42. The third-order valence-corrected chi connectivity index (χ3v) is 3.88. The van der Waals surface area contributed by atoms with E-state index >= 15 is 0 Å². The molecule has 0 amide bonds. The molecule has 1 rings (SSSR count). The molecule has 1 aliphatic rings. The van der Waals surface area contributed by atoms with Crippen molar-refractivity contribution in [2.24, 2.45) is 5.92 Å². The molecule has 1 unspecified atom stereocenters. The van der Waals surface area contributed by atoms with E-state index in [1.807, 2.05) is 0 Å². The van der Waals surface area contributed by atoms with Crippen molar-refractivity contribution in [3.05, 3.63) is 21.8 Å². The monoisotopic (exact) mass is 291 g/mol. The number of nitrogens with zero attached hydrogens (tertiary/aromatic N) is 1. The van der Waals surface area contributed by atoms with Crippen molar-refractivity contribution in [1.82, 2.24) is 4.90 Å². The van der Waals surface area contributed by atoms with Gasteiger partial charge in [0.15, 0.2) is 0 Å². The lowest BCUT2D eigenvalue weighted by molar-refractivity contribution is 0.208. The fourth-order valence-corrected chi connectivity index (χ4v) is 2.82. The predicted octanol–water partition coefficient (Wildman–Crippen LogP) is 3.22. The van der Waals surface area contributed by atoms with Gasteiger partial charge in [-0.3, -0.25) is 0 Å². The SMILES string of the molecule is CCN(CC)[C@H](C)C1C=CC=C1I. The highest BCUT2D eigenvalue weighted by Gasteiger charge is 2.23. The Bertz CT molecular complexity index is 216. The Hall–Kier alpha value is 0.170. The molecule has 0 fully saturated rings. The van der Waals surface area contributed by atoms with Gasteiger partial charge in [0.1, 0.15) is 0 Å². The van der Waals surface area contributed by atoms with Crippen LogP contribution < -0.4 is 0 Å². The highest BCUT2D eigenvalue weighted by Crippen LogP contribution is 2.30. The van der Waals surface area contributed by atoms with Gasteiger partial charge in [-0.05, 0) is 46.2 Å². The van der Waals surface area contributed by atoms with Gasteiger partial charge in [-0.25, -0.2) is 0 Å². The molecule has 0 aromatic carbocycles. The summed E-state index contributed by atoms with van der Waals surface area (Å²) in [6, 6.07) is 0.636. The molecule has 2 atom stereocenters. The molecule has 0 radical (unpaired) electrons. The van der Waals surface area contributed by atoms with Crippen molar-refractivity contribution in [1.29, 1.82) is 0 Å². The minimum Gasteiger partial charge on any atom is -0.300 e. The van der Waals surface area contributed by atoms with Crippen molar-refractivity contribution in [2.45, 2.75) is 26.8 Å². The molecule has 13 heavy (non-hydrogen) atoms. The maximum absolute atomic E-state index is 2.51. The highest BCUT2D eigenvalue weighted by molar-refractivity contribution is 14.1. The minimum absolute atomic E-state index is 0.625. The van der Waals surface area contributed by atoms with Crippen LogP contribution in [0.15, 0.2) is 21.8 Å². The van der Waals surface area contributed by atoms with Crippen LogP contribution in [0.4, 0.5) is 0 Å². The fraction of sp³-hybridized carbons (Fsp3) is 0.636. The first kappa shape index (κ1) is 11.2. The third kappa shape index (κ3) is 2.56. The van der Waals surface area contributed by atoms with Gasteiger partial charge in [0.05, 0.1) is 0 Å². The first-order valence-electron chi connectivity index (χ1n) is 4.98. The average Bonchev–Trinajstić information content (AvgIpc) is 2.53. The molecule has 0 aromatic heterocycles. The van der Waals surface area contributed by atoms with E-state index in [1.54, 1.807) is 0 Å². The smallest absolute Gasteiger partial charge is 0.0233 e. The second kappa shape index (κ2) is 5.15.